The fourth-order valence-electron chi connectivity index (χ4n) is 1.60. The van der Waals surface area contributed by atoms with E-state index in [2.05, 4.69) is 10.3 Å². The van der Waals surface area contributed by atoms with E-state index in [9.17, 15) is 4.79 Å². The van der Waals surface area contributed by atoms with Crippen molar-refractivity contribution in [1.29, 1.82) is 0 Å². The van der Waals surface area contributed by atoms with Gasteiger partial charge in [0.25, 0.3) is 0 Å². The normalized spacial score (nSPS) is 10.6. The van der Waals surface area contributed by atoms with Gasteiger partial charge in [-0.3, -0.25) is 4.79 Å². The number of aryl methyl sites for hydroxylation is 1. The number of hydrogen-bond acceptors (Lipinski definition) is 3. The Morgan fingerprint density at radius 2 is 2.16 bits per heavy atom. The van der Waals surface area contributed by atoms with Crippen molar-refractivity contribution >= 4 is 29.2 Å². The van der Waals surface area contributed by atoms with Gasteiger partial charge in [-0.25, -0.2) is 4.68 Å². The predicted molar refractivity (Wildman–Crippen MR) is 71.5 cm³/mol. The highest BCUT2D eigenvalue weighted by Crippen LogP contribution is 2.21. The molecule has 5 nitrogen and oxygen atoms in total. The molecule has 0 bridgehead atoms. The van der Waals surface area contributed by atoms with Crippen LogP contribution < -0.4 is 0 Å². The predicted octanol–water partition coefficient (Wildman–Crippen LogP) is 2.65. The van der Waals surface area contributed by atoms with Crippen LogP contribution in [0.1, 0.15) is 17.7 Å². The second-order valence-electron chi connectivity index (χ2n) is 4.04. The van der Waals surface area contributed by atoms with Crippen LogP contribution in [0.25, 0.3) is 0 Å². The monoisotopic (exact) mass is 299 g/mol. The molecule has 0 fully saturated rings. The Hall–Kier alpha value is -1.59. The van der Waals surface area contributed by atoms with Gasteiger partial charge >= 0.3 is 5.97 Å². The number of carboxylic acid groups (broad SMARTS) is 1. The number of carboxylic acids is 1. The zero-order chi connectivity index (χ0) is 13.8. The molecular weight excluding hydrogens is 289 g/mol. The number of nitrogens with zero attached hydrogens (tertiary/aromatic N) is 3. The molecule has 0 spiro atoms. The fraction of sp³-hybridized carbons (Fsp3) is 0.250. The smallest absolute Gasteiger partial charge is 0.303 e. The first-order valence-corrected chi connectivity index (χ1v) is 6.35. The first-order chi connectivity index (χ1) is 9.04. The van der Waals surface area contributed by atoms with Crippen LogP contribution in [0.4, 0.5) is 0 Å². The lowest BCUT2D eigenvalue weighted by Gasteiger charge is -2.04. The van der Waals surface area contributed by atoms with Gasteiger partial charge in [0, 0.05) is 22.7 Å². The zero-order valence-electron chi connectivity index (χ0n) is 9.88. The Balaban J connectivity index is 2.07. The van der Waals surface area contributed by atoms with Crippen LogP contribution in [-0.4, -0.2) is 26.1 Å². The molecule has 100 valence electrons. The fourth-order valence-corrected chi connectivity index (χ4v) is 1.98. The maximum atomic E-state index is 10.5. The molecule has 2 rings (SSSR count). The van der Waals surface area contributed by atoms with E-state index in [0.29, 0.717) is 28.7 Å². The highest BCUT2D eigenvalue weighted by molar-refractivity contribution is 6.33. The molecule has 1 heterocycles. The van der Waals surface area contributed by atoms with Gasteiger partial charge in [0.2, 0.25) is 0 Å². The molecule has 0 aliphatic carbocycles. The van der Waals surface area contributed by atoms with Gasteiger partial charge in [-0.1, -0.05) is 28.4 Å². The molecule has 1 aromatic carbocycles. The van der Waals surface area contributed by atoms with Gasteiger partial charge in [-0.15, -0.1) is 5.10 Å². The number of halogens is 2. The first-order valence-electron chi connectivity index (χ1n) is 5.59. The second kappa shape index (κ2) is 6.04. The third kappa shape index (κ3) is 3.94. The molecule has 0 aliphatic rings. The van der Waals surface area contributed by atoms with Crippen molar-refractivity contribution in [2.75, 3.05) is 0 Å². The number of benzene rings is 1. The van der Waals surface area contributed by atoms with E-state index in [-0.39, 0.29) is 6.42 Å². The minimum Gasteiger partial charge on any atom is -0.481 e. The average molecular weight is 300 g/mol. The Labute approximate surface area is 119 Å². The summed E-state index contributed by atoms with van der Waals surface area (Å²) >= 11 is 12.0. The van der Waals surface area contributed by atoms with E-state index < -0.39 is 5.97 Å². The summed E-state index contributed by atoms with van der Waals surface area (Å²) in [5.41, 5.74) is 1.48. The number of carbonyl (C=O) groups is 1. The lowest BCUT2D eigenvalue weighted by atomic mass is 10.2. The van der Waals surface area contributed by atoms with Crippen molar-refractivity contribution in [3.63, 3.8) is 0 Å². The Kier molecular flexibility index (Phi) is 4.39. The van der Waals surface area contributed by atoms with E-state index in [4.69, 9.17) is 28.3 Å². The second-order valence-corrected chi connectivity index (χ2v) is 4.88. The lowest BCUT2D eigenvalue weighted by molar-refractivity contribution is -0.136. The third-order valence-electron chi connectivity index (χ3n) is 2.52. The summed E-state index contributed by atoms with van der Waals surface area (Å²) in [6.07, 6.45) is 2.11. The third-order valence-corrected chi connectivity index (χ3v) is 3.13. The van der Waals surface area contributed by atoms with Crippen molar-refractivity contribution in [1.82, 2.24) is 15.0 Å². The number of hydrogen-bond donors (Lipinski definition) is 1. The minimum atomic E-state index is -0.854. The van der Waals surface area contributed by atoms with Crippen LogP contribution in [0.15, 0.2) is 24.4 Å². The van der Waals surface area contributed by atoms with Gasteiger partial charge in [0.1, 0.15) is 0 Å². The highest BCUT2D eigenvalue weighted by Gasteiger charge is 2.07. The molecule has 1 aromatic heterocycles. The number of aliphatic carboxylic acids is 1. The van der Waals surface area contributed by atoms with Crippen LogP contribution in [0.3, 0.4) is 0 Å². The Bertz CT molecular complexity index is 598. The number of aromatic nitrogens is 3. The van der Waals surface area contributed by atoms with Crippen LogP contribution >= 0.6 is 23.2 Å². The molecule has 19 heavy (non-hydrogen) atoms. The molecule has 2 aromatic rings. The Morgan fingerprint density at radius 3 is 2.89 bits per heavy atom. The summed E-state index contributed by atoms with van der Waals surface area (Å²) in [4.78, 5) is 10.5. The quantitative estimate of drug-likeness (QED) is 0.921. The summed E-state index contributed by atoms with van der Waals surface area (Å²) < 4.78 is 1.61. The van der Waals surface area contributed by atoms with Crippen molar-refractivity contribution in [2.45, 2.75) is 19.4 Å². The van der Waals surface area contributed by atoms with E-state index in [1.165, 1.54) is 0 Å². The lowest BCUT2D eigenvalue weighted by Crippen LogP contribution is -2.01. The van der Waals surface area contributed by atoms with Gasteiger partial charge in [-0.2, -0.15) is 0 Å². The van der Waals surface area contributed by atoms with Crippen molar-refractivity contribution in [2.24, 2.45) is 0 Å². The first kappa shape index (κ1) is 13.8. The average Bonchev–Trinajstić information content (AvgIpc) is 2.79. The van der Waals surface area contributed by atoms with Crippen LogP contribution in [0.5, 0.6) is 0 Å². The van der Waals surface area contributed by atoms with Crippen LogP contribution in [0.2, 0.25) is 10.0 Å². The number of rotatable bonds is 5. The molecule has 0 atom stereocenters. The standard InChI is InChI=1S/C12H11Cl2N3O2/c13-9-1-3-11(14)8(5-9)6-17-7-10(15-16-17)2-4-12(18)19/h1,3,5,7H,2,4,6H2,(H,18,19). The van der Waals surface area contributed by atoms with Crippen LogP contribution in [0, 0.1) is 0 Å². The zero-order valence-corrected chi connectivity index (χ0v) is 11.4. The van der Waals surface area contributed by atoms with E-state index in [1.54, 1.807) is 29.1 Å². The van der Waals surface area contributed by atoms with Crippen molar-refractivity contribution in [3.05, 3.63) is 45.7 Å². The van der Waals surface area contributed by atoms with E-state index in [0.717, 1.165) is 5.56 Å². The summed E-state index contributed by atoms with van der Waals surface area (Å²) in [6, 6.07) is 5.21. The summed E-state index contributed by atoms with van der Waals surface area (Å²) in [5.74, 6) is -0.854. The molecule has 1 N–H and O–H groups in total. The summed E-state index contributed by atoms with van der Waals surface area (Å²) in [5, 5.41) is 17.6. The van der Waals surface area contributed by atoms with Crippen LogP contribution in [-0.2, 0) is 17.8 Å². The van der Waals surface area contributed by atoms with Gasteiger partial charge < -0.3 is 5.11 Å². The maximum absolute atomic E-state index is 10.5. The molecule has 0 radical (unpaired) electrons. The molecule has 0 amide bonds. The maximum Gasteiger partial charge on any atom is 0.303 e. The largest absolute Gasteiger partial charge is 0.481 e. The topological polar surface area (TPSA) is 68.0 Å². The van der Waals surface area contributed by atoms with E-state index >= 15 is 0 Å². The van der Waals surface area contributed by atoms with Gasteiger partial charge in [0.15, 0.2) is 0 Å². The molecule has 0 saturated heterocycles. The van der Waals surface area contributed by atoms with E-state index in [1.807, 2.05) is 0 Å². The molecular formula is C12H11Cl2N3O2. The molecule has 0 aliphatic heterocycles. The summed E-state index contributed by atoms with van der Waals surface area (Å²) in [6.45, 7) is 0.444. The minimum absolute atomic E-state index is 0.0383. The molecule has 7 heteroatoms. The van der Waals surface area contributed by atoms with Crippen molar-refractivity contribution < 1.29 is 9.90 Å². The van der Waals surface area contributed by atoms with Gasteiger partial charge in [-0.05, 0) is 23.8 Å². The summed E-state index contributed by atoms with van der Waals surface area (Å²) in [7, 11) is 0. The molecule has 0 saturated carbocycles. The van der Waals surface area contributed by atoms with Gasteiger partial charge in [0.05, 0.1) is 18.7 Å². The van der Waals surface area contributed by atoms with Crippen molar-refractivity contribution in [3.8, 4) is 0 Å². The molecule has 0 unspecified atom stereocenters. The SMILES string of the molecule is O=C(O)CCc1cn(Cc2cc(Cl)ccc2Cl)nn1. The Morgan fingerprint density at radius 1 is 1.37 bits per heavy atom. The highest BCUT2D eigenvalue weighted by atomic mass is 35.5.